The van der Waals surface area contributed by atoms with E-state index in [2.05, 4.69) is 28.5 Å². The SMILES string of the molecule is CCCCC1COC(C#Cc2ccc(-c3ccc(OC(F)F)cc3)nc2)OC1. The highest BCUT2D eigenvalue weighted by atomic mass is 19.3. The number of hydrogen-bond donors (Lipinski definition) is 0. The summed E-state index contributed by atoms with van der Waals surface area (Å²) in [5, 5.41) is 0. The third-order valence-electron chi connectivity index (χ3n) is 4.41. The lowest BCUT2D eigenvalue weighted by Crippen LogP contribution is -2.31. The van der Waals surface area contributed by atoms with Gasteiger partial charge in [-0.2, -0.15) is 8.78 Å². The lowest BCUT2D eigenvalue weighted by atomic mass is 10.0. The first-order valence-corrected chi connectivity index (χ1v) is 9.40. The van der Waals surface area contributed by atoms with Crippen LogP contribution in [0.25, 0.3) is 11.3 Å². The van der Waals surface area contributed by atoms with Crippen LogP contribution in [0.2, 0.25) is 0 Å². The predicted molar refractivity (Wildman–Crippen MR) is 102 cm³/mol. The predicted octanol–water partition coefficient (Wildman–Crippen LogP) is 4.88. The average molecular weight is 387 g/mol. The second-order valence-corrected chi connectivity index (χ2v) is 6.61. The van der Waals surface area contributed by atoms with Crippen molar-refractivity contribution in [3.63, 3.8) is 0 Å². The van der Waals surface area contributed by atoms with Gasteiger partial charge in [-0.05, 0) is 48.7 Å². The van der Waals surface area contributed by atoms with Gasteiger partial charge in [0.15, 0.2) is 0 Å². The third kappa shape index (κ3) is 6.01. The number of pyridine rings is 1. The maximum Gasteiger partial charge on any atom is 0.387 e. The Morgan fingerprint density at radius 2 is 1.89 bits per heavy atom. The monoisotopic (exact) mass is 387 g/mol. The molecule has 3 rings (SSSR count). The molecule has 6 heteroatoms. The van der Waals surface area contributed by atoms with Crippen LogP contribution in [-0.2, 0) is 9.47 Å². The topological polar surface area (TPSA) is 40.6 Å². The van der Waals surface area contributed by atoms with Crippen molar-refractivity contribution in [1.29, 1.82) is 0 Å². The van der Waals surface area contributed by atoms with Gasteiger partial charge in [0.1, 0.15) is 5.75 Å². The van der Waals surface area contributed by atoms with Gasteiger partial charge in [-0.25, -0.2) is 0 Å². The molecule has 0 atom stereocenters. The second-order valence-electron chi connectivity index (χ2n) is 6.61. The van der Waals surface area contributed by atoms with E-state index in [4.69, 9.17) is 9.47 Å². The molecule has 0 N–H and O–H groups in total. The summed E-state index contributed by atoms with van der Waals surface area (Å²) in [6, 6.07) is 10.0. The minimum absolute atomic E-state index is 0.116. The number of nitrogens with zero attached hydrogens (tertiary/aromatic N) is 1. The molecular weight excluding hydrogens is 364 g/mol. The van der Waals surface area contributed by atoms with Crippen LogP contribution in [0.3, 0.4) is 0 Å². The Morgan fingerprint density at radius 1 is 1.14 bits per heavy atom. The van der Waals surface area contributed by atoms with Gasteiger partial charge in [0, 0.05) is 23.2 Å². The Hall–Kier alpha value is -2.49. The van der Waals surface area contributed by atoms with Crippen LogP contribution in [-0.4, -0.2) is 31.1 Å². The van der Waals surface area contributed by atoms with Crippen molar-refractivity contribution in [2.45, 2.75) is 39.1 Å². The van der Waals surface area contributed by atoms with Gasteiger partial charge >= 0.3 is 6.61 Å². The molecule has 0 aliphatic carbocycles. The minimum Gasteiger partial charge on any atom is -0.435 e. The molecule has 1 aliphatic rings. The third-order valence-corrected chi connectivity index (χ3v) is 4.41. The van der Waals surface area contributed by atoms with Crippen LogP contribution in [0.5, 0.6) is 5.75 Å². The summed E-state index contributed by atoms with van der Waals surface area (Å²) < 4.78 is 40.1. The van der Waals surface area contributed by atoms with E-state index in [9.17, 15) is 8.78 Å². The molecule has 1 aliphatic heterocycles. The van der Waals surface area contributed by atoms with Crippen molar-refractivity contribution in [2.24, 2.45) is 5.92 Å². The van der Waals surface area contributed by atoms with Crippen LogP contribution in [0, 0.1) is 17.8 Å². The molecule has 0 radical (unpaired) electrons. The van der Waals surface area contributed by atoms with Gasteiger partial charge < -0.3 is 14.2 Å². The number of unbranched alkanes of at least 4 members (excludes halogenated alkanes) is 1. The molecule has 4 nitrogen and oxygen atoms in total. The minimum atomic E-state index is -2.83. The molecule has 2 heterocycles. The highest BCUT2D eigenvalue weighted by molar-refractivity contribution is 5.60. The van der Waals surface area contributed by atoms with E-state index in [1.807, 2.05) is 12.1 Å². The molecule has 1 saturated heterocycles. The van der Waals surface area contributed by atoms with E-state index in [0.29, 0.717) is 19.1 Å². The Morgan fingerprint density at radius 3 is 2.50 bits per heavy atom. The van der Waals surface area contributed by atoms with Crippen molar-refractivity contribution in [3.8, 4) is 28.8 Å². The van der Waals surface area contributed by atoms with Gasteiger partial charge in [0.25, 0.3) is 0 Å². The largest absolute Gasteiger partial charge is 0.435 e. The van der Waals surface area contributed by atoms with E-state index in [1.165, 1.54) is 25.0 Å². The van der Waals surface area contributed by atoms with Gasteiger partial charge in [0.05, 0.1) is 18.9 Å². The van der Waals surface area contributed by atoms with Gasteiger partial charge in [-0.1, -0.05) is 25.7 Å². The Bertz CT molecular complexity index is 789. The van der Waals surface area contributed by atoms with Crippen molar-refractivity contribution >= 4 is 0 Å². The molecular formula is C22H23F2NO3. The molecule has 148 valence electrons. The molecule has 1 fully saturated rings. The number of benzene rings is 1. The molecule has 0 amide bonds. The quantitative estimate of drug-likeness (QED) is 0.663. The number of alkyl halides is 2. The maximum atomic E-state index is 12.2. The molecule has 0 spiro atoms. The van der Waals surface area contributed by atoms with Crippen LogP contribution in [0.1, 0.15) is 31.7 Å². The summed E-state index contributed by atoms with van der Waals surface area (Å²) in [5.41, 5.74) is 2.28. The van der Waals surface area contributed by atoms with Crippen LogP contribution in [0.15, 0.2) is 42.6 Å². The number of rotatable bonds is 6. The normalized spacial score (nSPS) is 19.1. The van der Waals surface area contributed by atoms with E-state index in [-0.39, 0.29) is 5.75 Å². The van der Waals surface area contributed by atoms with E-state index in [1.54, 1.807) is 18.3 Å². The van der Waals surface area contributed by atoms with Crippen molar-refractivity contribution < 1.29 is 23.0 Å². The standard InChI is InChI=1S/C22H23F2NO3/c1-2-3-4-17-14-26-21(27-15-17)12-6-16-5-11-20(25-13-16)18-7-9-19(10-8-18)28-22(23)24/h5,7-11,13,17,21-22H,2-4,14-15H2,1H3. The highest BCUT2D eigenvalue weighted by Crippen LogP contribution is 2.22. The fourth-order valence-electron chi connectivity index (χ4n) is 2.87. The van der Waals surface area contributed by atoms with Gasteiger partial charge in [0.2, 0.25) is 6.29 Å². The molecule has 1 aromatic carbocycles. The fourth-order valence-corrected chi connectivity index (χ4v) is 2.87. The molecule has 1 aromatic heterocycles. The number of aromatic nitrogens is 1. The summed E-state index contributed by atoms with van der Waals surface area (Å²) in [6.07, 6.45) is 4.65. The van der Waals surface area contributed by atoms with Crippen molar-refractivity contribution in [3.05, 3.63) is 48.2 Å². The van der Waals surface area contributed by atoms with Crippen LogP contribution < -0.4 is 4.74 Å². The number of hydrogen-bond acceptors (Lipinski definition) is 4. The lowest BCUT2D eigenvalue weighted by Gasteiger charge is -2.26. The first-order valence-electron chi connectivity index (χ1n) is 9.40. The smallest absolute Gasteiger partial charge is 0.387 e. The maximum absolute atomic E-state index is 12.2. The van der Waals surface area contributed by atoms with Crippen molar-refractivity contribution in [2.75, 3.05) is 13.2 Å². The van der Waals surface area contributed by atoms with Crippen molar-refractivity contribution in [1.82, 2.24) is 4.98 Å². The van der Waals surface area contributed by atoms with Crippen LogP contribution >= 0.6 is 0 Å². The number of halogens is 2. The lowest BCUT2D eigenvalue weighted by molar-refractivity contribution is -0.170. The Labute approximate surface area is 163 Å². The molecule has 28 heavy (non-hydrogen) atoms. The zero-order valence-corrected chi connectivity index (χ0v) is 15.7. The number of ether oxygens (including phenoxy) is 3. The molecule has 0 bridgehead atoms. The summed E-state index contributed by atoms with van der Waals surface area (Å²) in [4.78, 5) is 4.38. The summed E-state index contributed by atoms with van der Waals surface area (Å²) in [6.45, 7) is 0.708. The van der Waals surface area contributed by atoms with E-state index < -0.39 is 12.9 Å². The average Bonchev–Trinajstić information content (AvgIpc) is 2.72. The molecule has 2 aromatic rings. The van der Waals surface area contributed by atoms with Crippen LogP contribution in [0.4, 0.5) is 8.78 Å². The first-order chi connectivity index (χ1) is 13.6. The molecule has 0 unspecified atom stereocenters. The summed E-state index contributed by atoms with van der Waals surface area (Å²) in [5.74, 6) is 6.56. The zero-order valence-electron chi connectivity index (χ0n) is 15.7. The Kier molecular flexibility index (Phi) is 7.35. The second kappa shape index (κ2) is 10.2. The first kappa shape index (κ1) is 20.2. The molecule has 0 saturated carbocycles. The Balaban J connectivity index is 1.55. The summed E-state index contributed by atoms with van der Waals surface area (Å²) in [7, 11) is 0. The van der Waals surface area contributed by atoms with E-state index in [0.717, 1.165) is 23.2 Å². The van der Waals surface area contributed by atoms with Gasteiger partial charge in [-0.15, -0.1) is 0 Å². The fraction of sp³-hybridized carbons (Fsp3) is 0.409. The van der Waals surface area contributed by atoms with Gasteiger partial charge in [-0.3, -0.25) is 4.98 Å². The highest BCUT2D eigenvalue weighted by Gasteiger charge is 2.20. The zero-order chi connectivity index (χ0) is 19.8. The summed E-state index contributed by atoms with van der Waals surface area (Å²) >= 11 is 0. The van der Waals surface area contributed by atoms with E-state index >= 15 is 0 Å².